The number of anilines is 3. The first-order chi connectivity index (χ1) is 19.0. The molecule has 3 aromatic rings. The summed E-state index contributed by atoms with van der Waals surface area (Å²) >= 11 is 0. The number of rotatable bonds is 10. The number of pyridine rings is 1. The van der Waals surface area contributed by atoms with Crippen molar-refractivity contribution >= 4 is 40.9 Å². The molecule has 2 aromatic carbocycles. The Morgan fingerprint density at radius 2 is 1.70 bits per heavy atom. The van der Waals surface area contributed by atoms with Gasteiger partial charge in [-0.1, -0.05) is 24.3 Å². The smallest absolute Gasteiger partial charge is 0.323 e. The van der Waals surface area contributed by atoms with E-state index >= 15 is 0 Å². The monoisotopic (exact) mass is 547 g/mol. The summed E-state index contributed by atoms with van der Waals surface area (Å²) in [6.07, 6.45) is 1.23. The van der Waals surface area contributed by atoms with Gasteiger partial charge in [0.2, 0.25) is 11.8 Å². The second-order valence-electron chi connectivity index (χ2n) is 9.24. The van der Waals surface area contributed by atoms with Crippen LogP contribution in [0, 0.1) is 6.92 Å². The van der Waals surface area contributed by atoms with E-state index in [0.29, 0.717) is 34.1 Å². The number of carbonyl (C=O) groups is 4. The molecule has 0 radical (unpaired) electrons. The molecule has 1 atom stereocenters. The lowest BCUT2D eigenvalue weighted by Gasteiger charge is -2.26. The number of nitrogens with one attached hydrogen (secondary N) is 2. The third-order valence-electron chi connectivity index (χ3n) is 6.47. The minimum absolute atomic E-state index is 0.0546. The maximum absolute atomic E-state index is 13.0. The third kappa shape index (κ3) is 7.56. The van der Waals surface area contributed by atoms with Gasteiger partial charge in [-0.25, -0.2) is 4.79 Å². The number of aromatic nitrogens is 1. The molecule has 11 heteroatoms. The van der Waals surface area contributed by atoms with E-state index in [1.54, 1.807) is 43.4 Å². The number of hydrogen-bond acceptors (Lipinski definition) is 6. The number of amides is 4. The average molecular weight is 548 g/mol. The van der Waals surface area contributed by atoms with Crippen LogP contribution in [0.4, 0.5) is 21.9 Å². The summed E-state index contributed by atoms with van der Waals surface area (Å²) in [7, 11) is 4.61. The first-order valence-corrected chi connectivity index (χ1v) is 12.5. The average Bonchev–Trinajstić information content (AvgIpc) is 2.92. The molecule has 0 aliphatic heterocycles. The van der Waals surface area contributed by atoms with E-state index in [2.05, 4.69) is 15.6 Å². The zero-order valence-corrected chi connectivity index (χ0v) is 23.1. The van der Waals surface area contributed by atoms with Crippen LogP contribution in [-0.2, 0) is 20.8 Å². The molecule has 0 fully saturated rings. The fourth-order valence-corrected chi connectivity index (χ4v) is 3.99. The van der Waals surface area contributed by atoms with Crippen molar-refractivity contribution in [1.29, 1.82) is 0 Å². The Bertz CT molecular complexity index is 1390. The number of urea groups is 1. The molecule has 0 saturated heterocycles. The molecule has 0 saturated carbocycles. The lowest BCUT2D eigenvalue weighted by molar-refractivity contribution is -0.140. The number of benzene rings is 2. The van der Waals surface area contributed by atoms with E-state index in [1.807, 2.05) is 25.1 Å². The Morgan fingerprint density at radius 1 is 1.00 bits per heavy atom. The molecule has 0 aliphatic rings. The standard InChI is InChI=1S/C29H33N5O6/c1-18-8-6-7-9-22(18)31-29(39)32-24-12-10-20(14-26(24)40-5)15-27(36)34(4)21-11-13-23(30-17-21)25(16-28(37)38)33(3)19(2)35/h6-14,17,25H,15-16H2,1-5H3,(H,37,38)(H2,31,32,39). The molecule has 1 unspecified atom stereocenters. The molecule has 0 bridgehead atoms. The number of hydrogen-bond donors (Lipinski definition) is 3. The zero-order valence-electron chi connectivity index (χ0n) is 23.1. The Labute approximate surface area is 232 Å². The van der Waals surface area contributed by atoms with Crippen molar-refractivity contribution in [2.45, 2.75) is 32.7 Å². The lowest BCUT2D eigenvalue weighted by atomic mass is 10.1. The van der Waals surface area contributed by atoms with Gasteiger partial charge >= 0.3 is 12.0 Å². The van der Waals surface area contributed by atoms with Crippen LogP contribution in [0.5, 0.6) is 5.75 Å². The normalized spacial score (nSPS) is 11.2. The van der Waals surface area contributed by atoms with Gasteiger partial charge in [0, 0.05) is 26.7 Å². The van der Waals surface area contributed by atoms with Crippen LogP contribution in [0.2, 0.25) is 0 Å². The van der Waals surface area contributed by atoms with Gasteiger partial charge in [0.05, 0.1) is 49.3 Å². The summed E-state index contributed by atoms with van der Waals surface area (Å²) in [5, 5.41) is 14.8. The van der Waals surface area contributed by atoms with Gasteiger partial charge in [-0.15, -0.1) is 0 Å². The van der Waals surface area contributed by atoms with Crippen LogP contribution in [0.3, 0.4) is 0 Å². The Morgan fingerprint density at radius 3 is 2.30 bits per heavy atom. The molecular formula is C29H33N5O6. The third-order valence-corrected chi connectivity index (χ3v) is 6.47. The van der Waals surface area contributed by atoms with Gasteiger partial charge in [0.25, 0.3) is 0 Å². The molecule has 210 valence electrons. The number of para-hydroxylation sites is 1. The van der Waals surface area contributed by atoms with Crippen molar-refractivity contribution in [3.8, 4) is 5.75 Å². The number of carbonyl (C=O) groups excluding carboxylic acids is 3. The lowest BCUT2D eigenvalue weighted by Crippen LogP contribution is -2.31. The summed E-state index contributed by atoms with van der Waals surface area (Å²) in [6.45, 7) is 3.25. The Kier molecular flexibility index (Phi) is 9.80. The number of likely N-dealkylation sites (N-methyl/N-ethyl adjacent to an activating group) is 1. The topological polar surface area (TPSA) is 141 Å². The molecule has 3 N–H and O–H groups in total. The zero-order chi connectivity index (χ0) is 29.4. The number of carboxylic acids is 1. The van der Waals surface area contributed by atoms with Gasteiger partial charge in [0.15, 0.2) is 0 Å². The van der Waals surface area contributed by atoms with Crippen molar-refractivity contribution in [3.63, 3.8) is 0 Å². The van der Waals surface area contributed by atoms with Gasteiger partial charge in [-0.2, -0.15) is 0 Å². The molecule has 11 nitrogen and oxygen atoms in total. The van der Waals surface area contributed by atoms with Crippen molar-refractivity contribution in [1.82, 2.24) is 9.88 Å². The maximum atomic E-state index is 13.0. The predicted molar refractivity (Wildman–Crippen MR) is 152 cm³/mol. The molecule has 1 heterocycles. The van der Waals surface area contributed by atoms with Gasteiger partial charge < -0.3 is 30.3 Å². The molecular weight excluding hydrogens is 514 g/mol. The van der Waals surface area contributed by atoms with Crippen molar-refractivity contribution < 1.29 is 29.0 Å². The molecule has 1 aromatic heterocycles. The van der Waals surface area contributed by atoms with Gasteiger partial charge in [0.1, 0.15) is 5.75 Å². The fraction of sp³-hybridized carbons (Fsp3) is 0.276. The summed E-state index contributed by atoms with van der Waals surface area (Å²) in [6, 6.07) is 14.6. The minimum Gasteiger partial charge on any atom is -0.495 e. The number of aliphatic carboxylic acids is 1. The fourth-order valence-electron chi connectivity index (χ4n) is 3.99. The van der Waals surface area contributed by atoms with Crippen molar-refractivity contribution in [2.75, 3.05) is 36.7 Å². The molecule has 0 aliphatic carbocycles. The van der Waals surface area contributed by atoms with E-state index in [0.717, 1.165) is 5.56 Å². The molecule has 4 amide bonds. The highest BCUT2D eigenvalue weighted by Gasteiger charge is 2.24. The van der Waals surface area contributed by atoms with Gasteiger partial charge in [-0.3, -0.25) is 19.4 Å². The first kappa shape index (κ1) is 29.6. The largest absolute Gasteiger partial charge is 0.495 e. The molecule has 3 rings (SSSR count). The van der Waals surface area contributed by atoms with Crippen LogP contribution >= 0.6 is 0 Å². The number of carboxylic acid groups (broad SMARTS) is 1. The summed E-state index contributed by atoms with van der Waals surface area (Å²) < 4.78 is 5.44. The van der Waals surface area contributed by atoms with E-state index in [4.69, 9.17) is 4.74 Å². The van der Waals surface area contributed by atoms with Crippen LogP contribution in [0.15, 0.2) is 60.8 Å². The number of ether oxygens (including phenoxy) is 1. The number of aryl methyl sites for hydroxylation is 1. The highest BCUT2D eigenvalue weighted by Crippen LogP contribution is 2.27. The predicted octanol–water partition coefficient (Wildman–Crippen LogP) is 4.24. The van der Waals surface area contributed by atoms with Crippen LogP contribution in [0.1, 0.15) is 36.2 Å². The molecule has 40 heavy (non-hydrogen) atoms. The maximum Gasteiger partial charge on any atom is 0.323 e. The summed E-state index contributed by atoms with van der Waals surface area (Å²) in [5.41, 5.74) is 3.65. The molecule has 0 spiro atoms. The number of nitrogens with zero attached hydrogens (tertiary/aromatic N) is 3. The minimum atomic E-state index is -1.06. The summed E-state index contributed by atoms with van der Waals surface area (Å²) in [5.74, 6) is -1.16. The van der Waals surface area contributed by atoms with Crippen LogP contribution in [-0.4, -0.2) is 60.0 Å². The van der Waals surface area contributed by atoms with Crippen molar-refractivity contribution in [2.24, 2.45) is 0 Å². The van der Waals surface area contributed by atoms with Crippen LogP contribution < -0.4 is 20.3 Å². The SMILES string of the molecule is COc1cc(CC(=O)N(C)c2ccc(C(CC(=O)O)N(C)C(C)=O)nc2)ccc1NC(=O)Nc1ccccc1C. The second-order valence-corrected chi connectivity index (χ2v) is 9.24. The number of methoxy groups -OCH3 is 1. The van der Waals surface area contributed by atoms with E-state index in [9.17, 15) is 24.3 Å². The van der Waals surface area contributed by atoms with E-state index in [-0.39, 0.29) is 24.7 Å². The summed E-state index contributed by atoms with van der Waals surface area (Å²) in [4.78, 5) is 55.7. The highest BCUT2D eigenvalue weighted by atomic mass is 16.5. The van der Waals surface area contributed by atoms with Crippen molar-refractivity contribution in [3.05, 3.63) is 77.6 Å². The Balaban J connectivity index is 1.68. The van der Waals surface area contributed by atoms with Gasteiger partial charge in [-0.05, 0) is 48.4 Å². The highest BCUT2D eigenvalue weighted by molar-refractivity contribution is 6.01. The van der Waals surface area contributed by atoms with Crippen LogP contribution in [0.25, 0.3) is 0 Å². The Hall–Kier alpha value is -4.93. The first-order valence-electron chi connectivity index (χ1n) is 12.5. The van der Waals surface area contributed by atoms with E-state index in [1.165, 1.54) is 37.1 Å². The van der Waals surface area contributed by atoms with E-state index < -0.39 is 18.0 Å². The second kappa shape index (κ2) is 13.2. The quantitative estimate of drug-likeness (QED) is 0.345.